The van der Waals surface area contributed by atoms with Crippen LogP contribution in [0, 0.1) is 5.92 Å². The smallest absolute Gasteiger partial charge is 0.262 e. The Bertz CT molecular complexity index is 665. The first-order valence-electron chi connectivity index (χ1n) is 8.12. The van der Waals surface area contributed by atoms with Gasteiger partial charge in [0.25, 0.3) is 5.91 Å². The van der Waals surface area contributed by atoms with E-state index in [1.54, 1.807) is 11.4 Å². The Morgan fingerprint density at radius 2 is 2.04 bits per heavy atom. The van der Waals surface area contributed by atoms with Gasteiger partial charge in [-0.25, -0.2) is 8.42 Å². The third-order valence-corrected chi connectivity index (χ3v) is 7.78. The zero-order valence-electron chi connectivity index (χ0n) is 13.0. The van der Waals surface area contributed by atoms with Crippen molar-refractivity contribution in [1.29, 1.82) is 0 Å². The summed E-state index contributed by atoms with van der Waals surface area (Å²) in [6.07, 6.45) is 4.74. The van der Waals surface area contributed by atoms with Crippen LogP contribution in [0.15, 0.2) is 16.3 Å². The van der Waals surface area contributed by atoms with E-state index < -0.39 is 10.0 Å². The number of hydrogen-bond donors (Lipinski definition) is 2. The summed E-state index contributed by atoms with van der Waals surface area (Å²) in [7, 11) is -3.57. The van der Waals surface area contributed by atoms with E-state index in [0.29, 0.717) is 24.5 Å². The molecule has 3 rings (SSSR count). The third-order valence-electron chi connectivity index (χ3n) is 4.80. The summed E-state index contributed by atoms with van der Waals surface area (Å²) in [6, 6.07) is 1.60. The number of nitrogens with zero attached hydrogens (tertiary/aromatic N) is 1. The van der Waals surface area contributed by atoms with Crippen molar-refractivity contribution in [3.8, 4) is 0 Å². The van der Waals surface area contributed by atoms with Gasteiger partial charge < -0.3 is 11.1 Å². The number of hydrogen-bond acceptors (Lipinski definition) is 5. The molecule has 2 atom stereocenters. The fourth-order valence-corrected chi connectivity index (χ4v) is 6.30. The summed E-state index contributed by atoms with van der Waals surface area (Å²) in [5, 5.41) is 4.67. The number of sulfonamides is 1. The van der Waals surface area contributed by atoms with E-state index in [9.17, 15) is 13.2 Å². The number of amides is 1. The third kappa shape index (κ3) is 3.31. The van der Waals surface area contributed by atoms with E-state index in [2.05, 4.69) is 5.32 Å². The van der Waals surface area contributed by atoms with Crippen molar-refractivity contribution < 1.29 is 13.2 Å². The SMILES string of the molecule is NCC1CCCC1NC(=O)c1sccc1S(=O)(=O)N1CCCC1. The van der Waals surface area contributed by atoms with Gasteiger partial charge >= 0.3 is 0 Å². The van der Waals surface area contributed by atoms with Gasteiger partial charge in [-0.15, -0.1) is 11.3 Å². The van der Waals surface area contributed by atoms with Crippen LogP contribution < -0.4 is 11.1 Å². The van der Waals surface area contributed by atoms with E-state index in [4.69, 9.17) is 5.73 Å². The second-order valence-electron chi connectivity index (χ2n) is 6.23. The second kappa shape index (κ2) is 6.88. The highest BCUT2D eigenvalue weighted by atomic mass is 32.2. The predicted molar refractivity (Wildman–Crippen MR) is 90.0 cm³/mol. The van der Waals surface area contributed by atoms with Gasteiger partial charge in [-0.1, -0.05) is 6.42 Å². The topological polar surface area (TPSA) is 92.5 Å². The van der Waals surface area contributed by atoms with Gasteiger partial charge in [0.2, 0.25) is 10.0 Å². The quantitative estimate of drug-likeness (QED) is 0.833. The van der Waals surface area contributed by atoms with Crippen molar-refractivity contribution in [3.05, 3.63) is 16.3 Å². The molecule has 1 aliphatic heterocycles. The minimum absolute atomic E-state index is 0.0527. The normalized spacial score (nSPS) is 25.8. The van der Waals surface area contributed by atoms with Gasteiger partial charge in [0.15, 0.2) is 0 Å². The number of nitrogens with two attached hydrogens (primary N) is 1. The van der Waals surface area contributed by atoms with Crippen molar-refractivity contribution in [2.75, 3.05) is 19.6 Å². The molecule has 1 saturated heterocycles. The molecule has 128 valence electrons. The lowest BCUT2D eigenvalue weighted by atomic mass is 10.0. The number of carbonyl (C=O) groups excluding carboxylic acids is 1. The maximum Gasteiger partial charge on any atom is 0.262 e. The standard InChI is InChI=1S/C15H23N3O3S2/c16-10-11-4-3-5-12(11)17-15(19)14-13(6-9-22-14)23(20,21)18-7-1-2-8-18/h6,9,11-12H,1-5,7-8,10,16H2,(H,17,19). The summed E-state index contributed by atoms with van der Waals surface area (Å²) in [6.45, 7) is 1.63. The maximum absolute atomic E-state index is 12.7. The molecule has 23 heavy (non-hydrogen) atoms. The molecule has 1 aromatic rings. The molecule has 2 fully saturated rings. The first-order valence-corrected chi connectivity index (χ1v) is 10.4. The van der Waals surface area contributed by atoms with E-state index in [0.717, 1.165) is 32.1 Å². The first-order chi connectivity index (χ1) is 11.0. The Kier molecular flexibility index (Phi) is 5.05. The summed E-state index contributed by atoms with van der Waals surface area (Å²) in [5.41, 5.74) is 5.75. The van der Waals surface area contributed by atoms with Gasteiger partial charge in [0.1, 0.15) is 9.77 Å². The van der Waals surface area contributed by atoms with E-state index in [1.165, 1.54) is 15.6 Å². The zero-order valence-corrected chi connectivity index (χ0v) is 14.7. The van der Waals surface area contributed by atoms with Gasteiger partial charge in [-0.05, 0) is 49.6 Å². The maximum atomic E-state index is 12.7. The molecule has 0 radical (unpaired) electrons. The van der Waals surface area contributed by atoms with Gasteiger partial charge in [-0.2, -0.15) is 4.31 Å². The monoisotopic (exact) mass is 357 g/mol. The molecule has 8 heteroatoms. The van der Waals surface area contributed by atoms with Crippen LogP contribution in [0.4, 0.5) is 0 Å². The van der Waals surface area contributed by atoms with Crippen molar-refractivity contribution in [1.82, 2.24) is 9.62 Å². The fraction of sp³-hybridized carbons (Fsp3) is 0.667. The lowest BCUT2D eigenvalue weighted by Gasteiger charge is -2.20. The largest absolute Gasteiger partial charge is 0.348 e. The number of carbonyl (C=O) groups is 1. The van der Waals surface area contributed by atoms with Crippen LogP contribution in [0.5, 0.6) is 0 Å². The number of rotatable bonds is 5. The molecule has 2 heterocycles. The van der Waals surface area contributed by atoms with Gasteiger partial charge in [-0.3, -0.25) is 4.79 Å². The Labute approximate surface area is 141 Å². The van der Waals surface area contributed by atoms with E-state index in [1.807, 2.05) is 0 Å². The van der Waals surface area contributed by atoms with E-state index in [-0.39, 0.29) is 22.8 Å². The molecule has 2 unspecified atom stereocenters. The Morgan fingerprint density at radius 1 is 1.30 bits per heavy atom. The molecule has 1 saturated carbocycles. The fourth-order valence-electron chi connectivity index (χ4n) is 3.48. The highest BCUT2D eigenvalue weighted by Crippen LogP contribution is 2.29. The Balaban J connectivity index is 1.79. The molecule has 1 aromatic heterocycles. The van der Waals surface area contributed by atoms with Crippen LogP contribution in [0.25, 0.3) is 0 Å². The highest BCUT2D eigenvalue weighted by Gasteiger charge is 2.33. The second-order valence-corrected chi connectivity index (χ2v) is 9.05. The van der Waals surface area contributed by atoms with Crippen molar-refractivity contribution >= 4 is 27.3 Å². The van der Waals surface area contributed by atoms with Crippen molar-refractivity contribution in [2.24, 2.45) is 11.7 Å². The van der Waals surface area contributed by atoms with Crippen LogP contribution in [0.2, 0.25) is 0 Å². The predicted octanol–water partition coefficient (Wildman–Crippen LogP) is 1.39. The van der Waals surface area contributed by atoms with Crippen LogP contribution in [0.1, 0.15) is 41.8 Å². The van der Waals surface area contributed by atoms with Crippen LogP contribution in [0.3, 0.4) is 0 Å². The number of thiophene rings is 1. The summed E-state index contributed by atoms with van der Waals surface area (Å²) >= 11 is 1.19. The molecule has 6 nitrogen and oxygen atoms in total. The van der Waals surface area contributed by atoms with Crippen LogP contribution in [-0.2, 0) is 10.0 Å². The van der Waals surface area contributed by atoms with Crippen molar-refractivity contribution in [3.63, 3.8) is 0 Å². The molecule has 0 bridgehead atoms. The molecule has 1 amide bonds. The molecule has 1 aliphatic carbocycles. The number of nitrogens with one attached hydrogen (secondary N) is 1. The Hall–Kier alpha value is -0.960. The molecule has 3 N–H and O–H groups in total. The minimum Gasteiger partial charge on any atom is -0.348 e. The van der Waals surface area contributed by atoms with Crippen LogP contribution >= 0.6 is 11.3 Å². The van der Waals surface area contributed by atoms with E-state index >= 15 is 0 Å². The van der Waals surface area contributed by atoms with Gasteiger partial charge in [0, 0.05) is 19.1 Å². The average molecular weight is 358 g/mol. The van der Waals surface area contributed by atoms with Crippen LogP contribution in [-0.4, -0.2) is 44.3 Å². The summed E-state index contributed by atoms with van der Waals surface area (Å²) < 4.78 is 26.9. The molecular formula is C15H23N3O3S2. The lowest BCUT2D eigenvalue weighted by Crippen LogP contribution is -2.40. The highest BCUT2D eigenvalue weighted by molar-refractivity contribution is 7.89. The first kappa shape index (κ1) is 16.9. The summed E-state index contributed by atoms with van der Waals surface area (Å²) in [5.74, 6) is 0.000624. The molecule has 2 aliphatic rings. The average Bonchev–Trinajstić information content (AvgIpc) is 3.27. The Morgan fingerprint density at radius 3 is 2.74 bits per heavy atom. The minimum atomic E-state index is -3.57. The summed E-state index contributed by atoms with van der Waals surface area (Å²) in [4.78, 5) is 13.0. The molecule has 0 spiro atoms. The van der Waals surface area contributed by atoms with Crippen molar-refractivity contribution in [2.45, 2.75) is 43.0 Å². The van der Waals surface area contributed by atoms with Gasteiger partial charge in [0.05, 0.1) is 0 Å². The lowest BCUT2D eigenvalue weighted by molar-refractivity contribution is 0.0929. The molecular weight excluding hydrogens is 334 g/mol. The molecule has 0 aromatic carbocycles. The zero-order chi connectivity index (χ0) is 16.4.